The Morgan fingerprint density at radius 2 is 2.04 bits per heavy atom. The molecule has 140 valence electrons. The van der Waals surface area contributed by atoms with Gasteiger partial charge in [0, 0.05) is 5.56 Å². The Bertz CT molecular complexity index is 914. The monoisotopic (exact) mass is 365 g/mol. The molecular formula is C22H23NO4. The molecule has 2 aliphatic rings. The minimum Gasteiger partial charge on any atom is -0.504 e. The summed E-state index contributed by atoms with van der Waals surface area (Å²) in [6.07, 6.45) is 5.34. The van der Waals surface area contributed by atoms with Crippen molar-refractivity contribution in [3.8, 4) is 17.2 Å². The Kier molecular flexibility index (Phi) is 4.30. The van der Waals surface area contributed by atoms with Crippen molar-refractivity contribution in [2.24, 2.45) is 11.7 Å². The summed E-state index contributed by atoms with van der Waals surface area (Å²) in [6, 6.07) is 13.0. The SMILES string of the molecule is COc1cccc(CC(C(N)=O)C2=CC3(CCC3)Oc3ccccc32)c1O. The fourth-order valence-electron chi connectivity index (χ4n) is 3.94. The van der Waals surface area contributed by atoms with Crippen molar-refractivity contribution in [1.82, 2.24) is 0 Å². The zero-order valence-corrected chi connectivity index (χ0v) is 15.3. The molecular weight excluding hydrogens is 342 g/mol. The lowest BCUT2D eigenvalue weighted by Crippen LogP contribution is -2.44. The molecule has 2 aromatic carbocycles. The van der Waals surface area contributed by atoms with Gasteiger partial charge in [0.1, 0.15) is 11.4 Å². The first-order valence-corrected chi connectivity index (χ1v) is 9.18. The highest BCUT2D eigenvalue weighted by molar-refractivity contribution is 5.93. The van der Waals surface area contributed by atoms with Crippen molar-refractivity contribution in [3.63, 3.8) is 0 Å². The molecule has 0 aromatic heterocycles. The Labute approximate surface area is 158 Å². The van der Waals surface area contributed by atoms with Crippen molar-refractivity contribution in [1.29, 1.82) is 0 Å². The van der Waals surface area contributed by atoms with E-state index in [4.69, 9.17) is 15.2 Å². The Balaban J connectivity index is 1.76. The average molecular weight is 365 g/mol. The van der Waals surface area contributed by atoms with Crippen LogP contribution in [-0.4, -0.2) is 23.7 Å². The van der Waals surface area contributed by atoms with Gasteiger partial charge in [-0.05, 0) is 55.0 Å². The molecule has 1 fully saturated rings. The Morgan fingerprint density at radius 3 is 2.70 bits per heavy atom. The molecule has 1 atom stereocenters. The second kappa shape index (κ2) is 6.65. The molecule has 1 spiro atoms. The van der Waals surface area contributed by atoms with Crippen LogP contribution < -0.4 is 15.2 Å². The molecule has 3 N–H and O–H groups in total. The first-order chi connectivity index (χ1) is 13.0. The normalized spacial score (nSPS) is 17.9. The van der Waals surface area contributed by atoms with E-state index in [1.807, 2.05) is 24.3 Å². The van der Waals surface area contributed by atoms with Crippen LogP contribution in [0.2, 0.25) is 0 Å². The molecule has 1 unspecified atom stereocenters. The molecule has 0 bridgehead atoms. The minimum absolute atomic E-state index is 0.0468. The number of fused-ring (bicyclic) bond motifs is 1. The lowest BCUT2D eigenvalue weighted by Gasteiger charge is -2.44. The summed E-state index contributed by atoms with van der Waals surface area (Å²) in [5.41, 5.74) is 7.87. The van der Waals surface area contributed by atoms with Gasteiger partial charge in [-0.25, -0.2) is 0 Å². The van der Waals surface area contributed by atoms with Crippen LogP contribution in [0, 0.1) is 5.92 Å². The van der Waals surface area contributed by atoms with Gasteiger partial charge in [0.2, 0.25) is 5.91 Å². The van der Waals surface area contributed by atoms with Crippen LogP contribution in [0.15, 0.2) is 48.5 Å². The van der Waals surface area contributed by atoms with E-state index in [1.165, 1.54) is 7.11 Å². The minimum atomic E-state index is -0.564. The smallest absolute Gasteiger partial charge is 0.225 e. The first-order valence-electron chi connectivity index (χ1n) is 9.18. The van der Waals surface area contributed by atoms with Gasteiger partial charge in [-0.3, -0.25) is 4.79 Å². The maximum atomic E-state index is 12.4. The van der Waals surface area contributed by atoms with Gasteiger partial charge < -0.3 is 20.3 Å². The molecule has 1 heterocycles. The second-order valence-electron chi connectivity index (χ2n) is 7.24. The number of carbonyl (C=O) groups is 1. The summed E-state index contributed by atoms with van der Waals surface area (Å²) in [7, 11) is 1.50. The Hall–Kier alpha value is -2.95. The molecule has 1 aliphatic heterocycles. The molecule has 5 nitrogen and oxygen atoms in total. The third-order valence-corrected chi connectivity index (χ3v) is 5.58. The van der Waals surface area contributed by atoms with Crippen LogP contribution in [0.5, 0.6) is 17.2 Å². The number of primary amides is 1. The number of carbonyl (C=O) groups excluding carboxylic acids is 1. The molecule has 27 heavy (non-hydrogen) atoms. The number of amides is 1. The van der Waals surface area contributed by atoms with E-state index in [0.29, 0.717) is 17.7 Å². The number of phenols is 1. The molecule has 1 amide bonds. The van der Waals surface area contributed by atoms with Crippen LogP contribution in [0.1, 0.15) is 30.4 Å². The zero-order chi connectivity index (χ0) is 19.0. The van der Waals surface area contributed by atoms with Gasteiger partial charge in [0.05, 0.1) is 13.0 Å². The van der Waals surface area contributed by atoms with Crippen molar-refractivity contribution in [3.05, 3.63) is 59.7 Å². The zero-order valence-electron chi connectivity index (χ0n) is 15.3. The van der Waals surface area contributed by atoms with E-state index in [9.17, 15) is 9.90 Å². The summed E-state index contributed by atoms with van der Waals surface area (Å²) in [4.78, 5) is 12.4. The quantitative estimate of drug-likeness (QED) is 0.850. The number of hydrogen-bond acceptors (Lipinski definition) is 4. The first kappa shape index (κ1) is 17.5. The maximum absolute atomic E-state index is 12.4. The van der Waals surface area contributed by atoms with E-state index in [2.05, 4.69) is 6.08 Å². The molecule has 2 aromatic rings. The van der Waals surface area contributed by atoms with Crippen LogP contribution in [0.4, 0.5) is 0 Å². The van der Waals surface area contributed by atoms with Gasteiger partial charge in [-0.15, -0.1) is 0 Å². The van der Waals surface area contributed by atoms with Crippen LogP contribution in [0.25, 0.3) is 5.57 Å². The number of ether oxygens (including phenoxy) is 2. The molecule has 5 heteroatoms. The number of aromatic hydroxyl groups is 1. The standard InChI is InChI=1S/C22H23NO4/c1-26-19-9-4-6-14(20(19)24)12-16(21(23)25)17-13-22(10-5-11-22)27-18-8-3-2-7-15(17)18/h2-4,6-9,13,16,24H,5,10-12H2,1H3,(H2,23,25). The van der Waals surface area contributed by atoms with Crippen LogP contribution >= 0.6 is 0 Å². The third-order valence-electron chi connectivity index (χ3n) is 5.58. The highest BCUT2D eigenvalue weighted by Gasteiger charge is 2.42. The fourth-order valence-corrected chi connectivity index (χ4v) is 3.94. The van der Waals surface area contributed by atoms with Crippen LogP contribution in [0.3, 0.4) is 0 Å². The molecule has 1 aliphatic carbocycles. The number of rotatable bonds is 5. The number of para-hydroxylation sites is 2. The van der Waals surface area contributed by atoms with Crippen molar-refractivity contribution >= 4 is 11.5 Å². The summed E-state index contributed by atoms with van der Waals surface area (Å²) in [6.45, 7) is 0. The Morgan fingerprint density at radius 1 is 1.26 bits per heavy atom. The van der Waals surface area contributed by atoms with Crippen molar-refractivity contribution < 1.29 is 19.4 Å². The molecule has 4 rings (SSSR count). The predicted molar refractivity (Wildman–Crippen MR) is 103 cm³/mol. The lowest BCUT2D eigenvalue weighted by molar-refractivity contribution is -0.120. The number of methoxy groups -OCH3 is 1. The average Bonchev–Trinajstić information content (AvgIpc) is 2.65. The topological polar surface area (TPSA) is 81.8 Å². The van der Waals surface area contributed by atoms with E-state index < -0.39 is 11.8 Å². The molecule has 1 saturated carbocycles. The van der Waals surface area contributed by atoms with Gasteiger partial charge >= 0.3 is 0 Å². The van der Waals surface area contributed by atoms with Gasteiger partial charge in [0.15, 0.2) is 11.5 Å². The number of benzene rings is 2. The van der Waals surface area contributed by atoms with E-state index in [-0.39, 0.29) is 11.4 Å². The maximum Gasteiger partial charge on any atom is 0.225 e. The summed E-state index contributed by atoms with van der Waals surface area (Å²) in [5.74, 6) is 0.231. The lowest BCUT2D eigenvalue weighted by atomic mass is 9.73. The van der Waals surface area contributed by atoms with Gasteiger partial charge in [-0.1, -0.05) is 30.3 Å². The highest BCUT2D eigenvalue weighted by Crippen LogP contribution is 2.48. The highest BCUT2D eigenvalue weighted by atomic mass is 16.5. The molecule has 0 saturated heterocycles. The summed E-state index contributed by atoms with van der Waals surface area (Å²) < 4.78 is 11.4. The second-order valence-corrected chi connectivity index (χ2v) is 7.24. The van der Waals surface area contributed by atoms with E-state index >= 15 is 0 Å². The van der Waals surface area contributed by atoms with E-state index in [1.54, 1.807) is 18.2 Å². The molecule has 0 radical (unpaired) electrons. The summed E-state index contributed by atoms with van der Waals surface area (Å²) in [5, 5.41) is 10.5. The van der Waals surface area contributed by atoms with E-state index in [0.717, 1.165) is 36.1 Å². The number of phenolic OH excluding ortho intramolecular Hbond substituents is 1. The number of hydrogen-bond donors (Lipinski definition) is 2. The van der Waals surface area contributed by atoms with Crippen LogP contribution in [-0.2, 0) is 11.2 Å². The van der Waals surface area contributed by atoms with Gasteiger partial charge in [-0.2, -0.15) is 0 Å². The third kappa shape index (κ3) is 3.03. The van der Waals surface area contributed by atoms with Gasteiger partial charge in [0.25, 0.3) is 0 Å². The summed E-state index contributed by atoms with van der Waals surface area (Å²) >= 11 is 0. The van der Waals surface area contributed by atoms with Crippen molar-refractivity contribution in [2.45, 2.75) is 31.3 Å². The predicted octanol–water partition coefficient (Wildman–Crippen LogP) is 3.44. The van der Waals surface area contributed by atoms with Crippen molar-refractivity contribution in [2.75, 3.05) is 7.11 Å². The fraction of sp³-hybridized carbons (Fsp3) is 0.318. The number of nitrogens with two attached hydrogens (primary N) is 1. The largest absolute Gasteiger partial charge is 0.504 e.